The van der Waals surface area contributed by atoms with Gasteiger partial charge in [0.1, 0.15) is 0 Å². The Labute approximate surface area is 146 Å². The molecule has 1 aliphatic heterocycles. The highest BCUT2D eigenvalue weighted by molar-refractivity contribution is 5.61. The molecule has 7 nitrogen and oxygen atoms in total. The number of nitrogens with zero attached hydrogens (tertiary/aromatic N) is 5. The van der Waals surface area contributed by atoms with Gasteiger partial charge in [0.05, 0.1) is 11.9 Å². The summed E-state index contributed by atoms with van der Waals surface area (Å²) in [4.78, 5) is 6.48. The highest BCUT2D eigenvalue weighted by Crippen LogP contribution is 2.21. The summed E-state index contributed by atoms with van der Waals surface area (Å²) in [6.07, 6.45) is 9.54. The van der Waals surface area contributed by atoms with Crippen LogP contribution in [0.25, 0.3) is 11.3 Å². The van der Waals surface area contributed by atoms with Crippen LogP contribution in [0.2, 0.25) is 0 Å². The number of nitrogens with one attached hydrogen (secondary N) is 2. The van der Waals surface area contributed by atoms with Crippen LogP contribution in [0.1, 0.15) is 18.4 Å². The Balaban J connectivity index is 1.40. The molecule has 1 atom stereocenters. The van der Waals surface area contributed by atoms with E-state index in [2.05, 4.69) is 35.6 Å². The highest BCUT2D eigenvalue weighted by Gasteiger charge is 2.21. The average molecular weight is 335 g/mol. The molecule has 3 aromatic heterocycles. The van der Waals surface area contributed by atoms with Crippen molar-refractivity contribution in [3.63, 3.8) is 0 Å². The Morgan fingerprint density at radius 3 is 3.00 bits per heavy atom. The van der Waals surface area contributed by atoms with Crippen molar-refractivity contribution in [1.29, 1.82) is 0 Å². The van der Waals surface area contributed by atoms with Gasteiger partial charge in [-0.1, -0.05) is 0 Å². The fourth-order valence-corrected chi connectivity index (χ4v) is 3.27. The van der Waals surface area contributed by atoms with E-state index in [0.29, 0.717) is 6.04 Å². The van der Waals surface area contributed by atoms with Gasteiger partial charge >= 0.3 is 0 Å². The first kappa shape index (κ1) is 15.7. The zero-order valence-electron chi connectivity index (χ0n) is 14.0. The molecule has 0 aliphatic carbocycles. The Hall–Kier alpha value is -2.80. The van der Waals surface area contributed by atoms with Crippen LogP contribution in [0, 0.1) is 0 Å². The van der Waals surface area contributed by atoms with Crippen molar-refractivity contribution < 1.29 is 0 Å². The Bertz CT molecular complexity index is 787. The van der Waals surface area contributed by atoms with Crippen LogP contribution in [-0.2, 0) is 6.54 Å². The van der Waals surface area contributed by atoms with E-state index in [4.69, 9.17) is 0 Å². The molecule has 4 heterocycles. The molecule has 0 unspecified atom stereocenters. The summed E-state index contributed by atoms with van der Waals surface area (Å²) in [5.41, 5.74) is 3.24. The minimum atomic E-state index is 0.424. The van der Waals surface area contributed by atoms with Crippen molar-refractivity contribution in [2.24, 2.45) is 0 Å². The van der Waals surface area contributed by atoms with Crippen LogP contribution in [0.15, 0.2) is 49.1 Å². The monoisotopic (exact) mass is 335 g/mol. The van der Waals surface area contributed by atoms with Crippen LogP contribution in [0.5, 0.6) is 0 Å². The number of anilines is 1. The van der Waals surface area contributed by atoms with Gasteiger partial charge in [0.2, 0.25) is 0 Å². The number of hydrogen-bond donors (Lipinski definition) is 2. The SMILES string of the molecule is c1cncc(-c2[nH]ncc2CN[C@H]2CCCN(c3cccnn3)C2)c1. The molecule has 128 valence electrons. The first-order chi connectivity index (χ1) is 12.4. The van der Waals surface area contributed by atoms with Crippen molar-refractivity contribution in [1.82, 2.24) is 30.7 Å². The summed E-state index contributed by atoms with van der Waals surface area (Å²) in [6, 6.07) is 8.36. The second kappa shape index (κ2) is 7.40. The summed E-state index contributed by atoms with van der Waals surface area (Å²) >= 11 is 0. The van der Waals surface area contributed by atoms with E-state index in [9.17, 15) is 0 Å². The molecule has 2 N–H and O–H groups in total. The summed E-state index contributed by atoms with van der Waals surface area (Å²) < 4.78 is 0. The number of H-pyrrole nitrogens is 1. The van der Waals surface area contributed by atoms with Gasteiger partial charge in [-0.3, -0.25) is 10.1 Å². The predicted octanol–water partition coefficient (Wildman–Crippen LogP) is 2.02. The normalized spacial score (nSPS) is 17.6. The van der Waals surface area contributed by atoms with E-state index in [1.165, 1.54) is 0 Å². The van der Waals surface area contributed by atoms with E-state index in [1.54, 1.807) is 12.4 Å². The van der Waals surface area contributed by atoms with Crippen molar-refractivity contribution >= 4 is 5.82 Å². The van der Waals surface area contributed by atoms with Crippen LogP contribution >= 0.6 is 0 Å². The van der Waals surface area contributed by atoms with Crippen LogP contribution in [0.3, 0.4) is 0 Å². The van der Waals surface area contributed by atoms with Gasteiger partial charge in [-0.05, 0) is 37.1 Å². The van der Waals surface area contributed by atoms with Gasteiger partial charge in [0.25, 0.3) is 0 Å². The minimum Gasteiger partial charge on any atom is -0.354 e. The first-order valence-electron chi connectivity index (χ1n) is 8.59. The quantitative estimate of drug-likeness (QED) is 0.742. The molecule has 1 saturated heterocycles. The number of rotatable bonds is 5. The first-order valence-corrected chi connectivity index (χ1v) is 8.59. The van der Waals surface area contributed by atoms with Gasteiger partial charge in [-0.15, -0.1) is 5.10 Å². The summed E-state index contributed by atoms with van der Waals surface area (Å²) in [5, 5.41) is 19.2. The lowest BCUT2D eigenvalue weighted by Gasteiger charge is -2.33. The van der Waals surface area contributed by atoms with E-state index < -0.39 is 0 Å². The van der Waals surface area contributed by atoms with Crippen LogP contribution in [0.4, 0.5) is 5.82 Å². The number of hydrogen-bond acceptors (Lipinski definition) is 6. The summed E-state index contributed by atoms with van der Waals surface area (Å²) in [6.45, 7) is 2.75. The molecule has 3 aromatic rings. The Morgan fingerprint density at radius 1 is 1.20 bits per heavy atom. The van der Waals surface area contributed by atoms with Crippen molar-refractivity contribution in [3.8, 4) is 11.3 Å². The van der Waals surface area contributed by atoms with E-state index in [-0.39, 0.29) is 0 Å². The molecule has 4 rings (SSSR count). The summed E-state index contributed by atoms with van der Waals surface area (Å²) in [5.74, 6) is 0.952. The molecule has 0 amide bonds. The standard InChI is InChI=1S/C18H21N7/c1-4-14(10-19-7-1)18-15(12-22-24-18)11-20-16-5-3-9-25(13-16)17-6-2-8-21-23-17/h1-2,4,6-8,10,12,16,20H,3,5,9,11,13H2,(H,22,24)/t16-/m0/s1. The maximum absolute atomic E-state index is 4.23. The topological polar surface area (TPSA) is 82.6 Å². The van der Waals surface area contributed by atoms with Crippen molar-refractivity contribution in [2.75, 3.05) is 18.0 Å². The predicted molar refractivity (Wildman–Crippen MR) is 95.9 cm³/mol. The fourth-order valence-electron chi connectivity index (χ4n) is 3.27. The zero-order valence-corrected chi connectivity index (χ0v) is 14.0. The van der Waals surface area contributed by atoms with Gasteiger partial charge in [0.15, 0.2) is 5.82 Å². The van der Waals surface area contributed by atoms with Gasteiger partial charge < -0.3 is 10.2 Å². The van der Waals surface area contributed by atoms with E-state index >= 15 is 0 Å². The van der Waals surface area contributed by atoms with Crippen LogP contribution < -0.4 is 10.2 Å². The molecule has 1 aliphatic rings. The average Bonchev–Trinajstić information content (AvgIpc) is 3.17. The smallest absolute Gasteiger partial charge is 0.151 e. The Kier molecular flexibility index (Phi) is 4.65. The fraction of sp³-hybridized carbons (Fsp3) is 0.333. The number of aromatic amines is 1. The molecule has 0 saturated carbocycles. The Morgan fingerprint density at radius 2 is 2.16 bits per heavy atom. The number of pyridine rings is 1. The van der Waals surface area contributed by atoms with Gasteiger partial charge in [0, 0.05) is 55.4 Å². The van der Waals surface area contributed by atoms with Gasteiger partial charge in [-0.25, -0.2) is 0 Å². The molecule has 0 radical (unpaired) electrons. The third kappa shape index (κ3) is 3.66. The maximum atomic E-state index is 4.23. The molecule has 1 fully saturated rings. The summed E-state index contributed by atoms with van der Waals surface area (Å²) in [7, 11) is 0. The molecular formula is C18H21N7. The van der Waals surface area contributed by atoms with Crippen LogP contribution in [-0.4, -0.2) is 44.5 Å². The van der Waals surface area contributed by atoms with Crippen molar-refractivity contribution in [3.05, 3.63) is 54.6 Å². The molecule has 0 aromatic carbocycles. The van der Waals surface area contributed by atoms with Crippen molar-refractivity contribution in [2.45, 2.75) is 25.4 Å². The third-order valence-corrected chi connectivity index (χ3v) is 4.55. The minimum absolute atomic E-state index is 0.424. The maximum Gasteiger partial charge on any atom is 0.151 e. The second-order valence-electron chi connectivity index (χ2n) is 6.26. The molecule has 25 heavy (non-hydrogen) atoms. The zero-order chi connectivity index (χ0) is 16.9. The highest BCUT2D eigenvalue weighted by atomic mass is 15.3. The second-order valence-corrected chi connectivity index (χ2v) is 6.26. The third-order valence-electron chi connectivity index (χ3n) is 4.55. The lowest BCUT2D eigenvalue weighted by Crippen LogP contribution is -2.45. The molecule has 7 heteroatoms. The molecular weight excluding hydrogens is 314 g/mol. The van der Waals surface area contributed by atoms with E-state index in [1.807, 2.05) is 36.7 Å². The van der Waals surface area contributed by atoms with Gasteiger partial charge in [-0.2, -0.15) is 10.2 Å². The lowest BCUT2D eigenvalue weighted by atomic mass is 10.0. The van der Waals surface area contributed by atoms with E-state index in [0.717, 1.165) is 55.1 Å². The number of aromatic nitrogens is 5. The molecule has 0 spiro atoms. The molecule has 0 bridgehead atoms. The number of piperidine rings is 1. The largest absolute Gasteiger partial charge is 0.354 e. The lowest BCUT2D eigenvalue weighted by molar-refractivity contribution is 0.419.